The van der Waals surface area contributed by atoms with Gasteiger partial charge < -0.3 is 20.1 Å². The molecule has 1 saturated heterocycles. The number of halogens is 1. The maximum atomic E-state index is 5.78. The van der Waals surface area contributed by atoms with E-state index in [9.17, 15) is 0 Å². The van der Waals surface area contributed by atoms with Crippen LogP contribution in [-0.2, 0) is 9.47 Å². The van der Waals surface area contributed by atoms with Crippen LogP contribution in [0.3, 0.4) is 0 Å². The Morgan fingerprint density at radius 2 is 1.83 bits per heavy atom. The van der Waals surface area contributed by atoms with Crippen LogP contribution in [0.25, 0.3) is 0 Å². The zero-order chi connectivity index (χ0) is 16.7. The van der Waals surface area contributed by atoms with Gasteiger partial charge in [0.15, 0.2) is 5.96 Å². The van der Waals surface area contributed by atoms with Gasteiger partial charge in [0.2, 0.25) is 0 Å². The Kier molecular flexibility index (Phi) is 9.89. The van der Waals surface area contributed by atoms with Crippen LogP contribution in [-0.4, -0.2) is 51.5 Å². The minimum absolute atomic E-state index is 0. The third-order valence-electron chi connectivity index (χ3n) is 5.69. The Bertz CT molecular complexity index is 376. The molecule has 0 unspecified atom stereocenters. The minimum Gasteiger partial charge on any atom is -0.381 e. The van der Waals surface area contributed by atoms with Gasteiger partial charge in [0.05, 0.1) is 5.60 Å². The molecule has 24 heavy (non-hydrogen) atoms. The SMILES string of the molecule is CN=C(NCC1(OC)CCOCC1)NC1CCC(C(C)C)CC1.I. The molecule has 0 radical (unpaired) electrons. The summed E-state index contributed by atoms with van der Waals surface area (Å²) in [5.74, 6) is 2.60. The second-order valence-corrected chi connectivity index (χ2v) is 7.43. The van der Waals surface area contributed by atoms with Crippen molar-refractivity contribution in [2.45, 2.75) is 64.0 Å². The van der Waals surface area contributed by atoms with Gasteiger partial charge in [0, 0.05) is 52.8 Å². The van der Waals surface area contributed by atoms with Crippen molar-refractivity contribution in [2.24, 2.45) is 16.8 Å². The fraction of sp³-hybridized carbons (Fsp3) is 0.944. The van der Waals surface area contributed by atoms with Crippen LogP contribution in [0.2, 0.25) is 0 Å². The summed E-state index contributed by atoms with van der Waals surface area (Å²) in [5.41, 5.74) is -0.120. The van der Waals surface area contributed by atoms with Crippen molar-refractivity contribution in [3.63, 3.8) is 0 Å². The predicted octanol–water partition coefficient (Wildman–Crippen LogP) is 3.18. The molecule has 0 aromatic heterocycles. The van der Waals surface area contributed by atoms with Crippen LogP contribution in [0.5, 0.6) is 0 Å². The lowest BCUT2D eigenvalue weighted by Gasteiger charge is -2.37. The maximum Gasteiger partial charge on any atom is 0.191 e. The maximum absolute atomic E-state index is 5.78. The van der Waals surface area contributed by atoms with E-state index in [1.165, 1.54) is 25.7 Å². The van der Waals surface area contributed by atoms with Gasteiger partial charge in [-0.05, 0) is 37.5 Å². The second kappa shape index (κ2) is 10.8. The molecule has 0 spiro atoms. The lowest BCUT2D eigenvalue weighted by Crippen LogP contribution is -2.52. The fourth-order valence-electron chi connectivity index (χ4n) is 3.76. The largest absolute Gasteiger partial charge is 0.381 e. The van der Waals surface area contributed by atoms with E-state index in [4.69, 9.17) is 9.47 Å². The Morgan fingerprint density at radius 3 is 2.33 bits per heavy atom. The van der Waals surface area contributed by atoms with Gasteiger partial charge in [-0.1, -0.05) is 13.8 Å². The van der Waals surface area contributed by atoms with Gasteiger partial charge in [0.25, 0.3) is 0 Å². The summed E-state index contributed by atoms with van der Waals surface area (Å²) < 4.78 is 11.2. The smallest absolute Gasteiger partial charge is 0.191 e. The quantitative estimate of drug-likeness (QED) is 0.382. The highest BCUT2D eigenvalue weighted by molar-refractivity contribution is 14.0. The van der Waals surface area contributed by atoms with Crippen LogP contribution in [0.15, 0.2) is 4.99 Å². The molecule has 1 saturated carbocycles. The first kappa shape index (κ1) is 22.0. The third-order valence-corrected chi connectivity index (χ3v) is 5.69. The molecule has 0 atom stereocenters. The molecule has 2 rings (SSSR count). The van der Waals surface area contributed by atoms with E-state index in [0.717, 1.165) is 50.4 Å². The van der Waals surface area contributed by atoms with Crippen molar-refractivity contribution < 1.29 is 9.47 Å². The monoisotopic (exact) mass is 453 g/mol. The van der Waals surface area contributed by atoms with Crippen LogP contribution >= 0.6 is 24.0 Å². The fourth-order valence-corrected chi connectivity index (χ4v) is 3.76. The minimum atomic E-state index is -0.120. The summed E-state index contributed by atoms with van der Waals surface area (Å²) >= 11 is 0. The number of aliphatic imine (C=N–C) groups is 1. The molecule has 0 bridgehead atoms. The van der Waals surface area contributed by atoms with E-state index in [2.05, 4.69) is 29.5 Å². The number of ether oxygens (including phenoxy) is 2. The van der Waals surface area contributed by atoms with Gasteiger partial charge >= 0.3 is 0 Å². The molecule has 2 N–H and O–H groups in total. The molecule has 1 aliphatic heterocycles. The number of rotatable bonds is 5. The molecular weight excluding hydrogens is 417 g/mol. The van der Waals surface area contributed by atoms with Crippen LogP contribution in [0.1, 0.15) is 52.4 Å². The van der Waals surface area contributed by atoms with Gasteiger partial charge in [0.1, 0.15) is 0 Å². The second-order valence-electron chi connectivity index (χ2n) is 7.43. The molecule has 2 aliphatic rings. The van der Waals surface area contributed by atoms with E-state index in [0.29, 0.717) is 6.04 Å². The van der Waals surface area contributed by atoms with Crippen molar-refractivity contribution >= 4 is 29.9 Å². The zero-order valence-electron chi connectivity index (χ0n) is 15.8. The molecule has 0 aromatic rings. The van der Waals surface area contributed by atoms with E-state index < -0.39 is 0 Å². The van der Waals surface area contributed by atoms with Crippen LogP contribution in [0, 0.1) is 11.8 Å². The topological polar surface area (TPSA) is 54.9 Å². The lowest BCUT2D eigenvalue weighted by molar-refractivity contribution is -0.0855. The van der Waals surface area contributed by atoms with E-state index in [1.807, 2.05) is 7.05 Å². The normalized spacial score (nSPS) is 27.5. The Hall–Kier alpha value is -0.0800. The summed E-state index contributed by atoms with van der Waals surface area (Å²) in [6.07, 6.45) is 7.01. The molecule has 0 amide bonds. The number of nitrogens with one attached hydrogen (secondary N) is 2. The van der Waals surface area contributed by atoms with E-state index in [-0.39, 0.29) is 29.6 Å². The number of guanidine groups is 1. The number of hydrogen-bond acceptors (Lipinski definition) is 3. The molecule has 6 heteroatoms. The van der Waals surface area contributed by atoms with Gasteiger partial charge in [-0.15, -0.1) is 24.0 Å². The molecule has 1 heterocycles. The van der Waals surface area contributed by atoms with Crippen LogP contribution < -0.4 is 10.6 Å². The molecule has 142 valence electrons. The highest BCUT2D eigenvalue weighted by Gasteiger charge is 2.33. The van der Waals surface area contributed by atoms with Crippen molar-refractivity contribution in [1.82, 2.24) is 10.6 Å². The van der Waals surface area contributed by atoms with E-state index in [1.54, 1.807) is 7.11 Å². The molecule has 0 aromatic carbocycles. The molecule has 1 aliphatic carbocycles. The Balaban J connectivity index is 0.00000288. The Labute approximate surface area is 164 Å². The summed E-state index contributed by atoms with van der Waals surface area (Å²) in [6.45, 7) is 7.03. The van der Waals surface area contributed by atoms with Crippen molar-refractivity contribution in [1.29, 1.82) is 0 Å². The van der Waals surface area contributed by atoms with E-state index >= 15 is 0 Å². The van der Waals surface area contributed by atoms with Crippen molar-refractivity contribution in [3.05, 3.63) is 0 Å². The standard InChI is InChI=1S/C18H35N3O2.HI/c1-14(2)15-5-7-16(8-6-15)21-17(19-3)20-13-18(22-4)9-11-23-12-10-18;/h14-16H,5-13H2,1-4H3,(H2,19,20,21);1H. The van der Waals surface area contributed by atoms with Crippen molar-refractivity contribution in [3.8, 4) is 0 Å². The first-order valence-electron chi connectivity index (χ1n) is 9.18. The zero-order valence-corrected chi connectivity index (χ0v) is 18.1. The van der Waals surface area contributed by atoms with Crippen LogP contribution in [0.4, 0.5) is 0 Å². The third kappa shape index (κ3) is 6.33. The highest BCUT2D eigenvalue weighted by atomic mass is 127. The van der Waals surface area contributed by atoms with Gasteiger partial charge in [-0.25, -0.2) is 0 Å². The molecular formula is C18H36IN3O2. The molecule has 5 nitrogen and oxygen atoms in total. The average Bonchev–Trinajstić information content (AvgIpc) is 2.59. The van der Waals surface area contributed by atoms with Gasteiger partial charge in [-0.3, -0.25) is 4.99 Å². The Morgan fingerprint density at radius 1 is 1.21 bits per heavy atom. The summed E-state index contributed by atoms with van der Waals surface area (Å²) in [7, 11) is 3.65. The average molecular weight is 453 g/mol. The number of nitrogens with zero attached hydrogens (tertiary/aromatic N) is 1. The van der Waals surface area contributed by atoms with Gasteiger partial charge in [-0.2, -0.15) is 0 Å². The highest BCUT2D eigenvalue weighted by Crippen LogP contribution is 2.29. The number of methoxy groups -OCH3 is 1. The lowest BCUT2D eigenvalue weighted by atomic mass is 9.80. The first-order chi connectivity index (χ1) is 11.1. The summed E-state index contributed by atoms with van der Waals surface area (Å²) in [4.78, 5) is 4.39. The summed E-state index contributed by atoms with van der Waals surface area (Å²) in [6, 6.07) is 0.546. The first-order valence-corrected chi connectivity index (χ1v) is 9.18. The number of hydrogen-bond donors (Lipinski definition) is 2. The van der Waals surface area contributed by atoms with Crippen molar-refractivity contribution in [2.75, 3.05) is 33.9 Å². The predicted molar refractivity (Wildman–Crippen MR) is 110 cm³/mol. The summed E-state index contributed by atoms with van der Waals surface area (Å²) in [5, 5.41) is 7.07. The molecule has 2 fully saturated rings.